The Bertz CT molecular complexity index is 381. The van der Waals surface area contributed by atoms with E-state index in [-0.39, 0.29) is 5.91 Å². The molecule has 19 heavy (non-hydrogen) atoms. The van der Waals surface area contributed by atoms with Crippen LogP contribution >= 0.6 is 0 Å². The van der Waals surface area contributed by atoms with Gasteiger partial charge in [-0.1, -0.05) is 0 Å². The third kappa shape index (κ3) is 5.82. The molecular formula is C12H22N4O3. The van der Waals surface area contributed by atoms with Gasteiger partial charge in [0.05, 0.1) is 31.1 Å². The minimum absolute atomic E-state index is 0.206. The van der Waals surface area contributed by atoms with Crippen LogP contribution in [0.15, 0.2) is 12.4 Å². The lowest BCUT2D eigenvalue weighted by Gasteiger charge is -2.10. The number of nitrogens with two attached hydrogens (primary N) is 1. The van der Waals surface area contributed by atoms with Crippen molar-refractivity contribution in [3.8, 4) is 0 Å². The largest absolute Gasteiger partial charge is 0.385 e. The third-order valence-corrected chi connectivity index (χ3v) is 2.63. The van der Waals surface area contributed by atoms with Crippen molar-refractivity contribution in [3.05, 3.63) is 12.4 Å². The Balaban J connectivity index is 2.36. The van der Waals surface area contributed by atoms with Gasteiger partial charge in [-0.25, -0.2) is 0 Å². The summed E-state index contributed by atoms with van der Waals surface area (Å²) >= 11 is 0. The first-order valence-corrected chi connectivity index (χ1v) is 6.24. The van der Waals surface area contributed by atoms with Gasteiger partial charge >= 0.3 is 0 Å². The fraction of sp³-hybridized carbons (Fsp3) is 0.667. The molecule has 108 valence electrons. The highest BCUT2D eigenvalue weighted by Crippen LogP contribution is 2.06. The minimum Gasteiger partial charge on any atom is -0.385 e. The maximum Gasteiger partial charge on any atom is 0.241 e. The van der Waals surface area contributed by atoms with Crippen molar-refractivity contribution in [1.29, 1.82) is 0 Å². The molecule has 0 bridgehead atoms. The second-order valence-electron chi connectivity index (χ2n) is 4.22. The molecule has 0 aromatic carbocycles. The summed E-state index contributed by atoms with van der Waals surface area (Å²) in [6.07, 6.45) is 4.70. The quantitative estimate of drug-likeness (QED) is 0.626. The zero-order valence-electron chi connectivity index (χ0n) is 11.5. The monoisotopic (exact) mass is 270 g/mol. The summed E-state index contributed by atoms with van der Waals surface area (Å²) in [4.78, 5) is 11.8. The van der Waals surface area contributed by atoms with Crippen molar-refractivity contribution < 1.29 is 14.3 Å². The first kappa shape index (κ1) is 15.6. The highest BCUT2D eigenvalue weighted by molar-refractivity contribution is 5.94. The number of ether oxygens (including phenoxy) is 2. The summed E-state index contributed by atoms with van der Waals surface area (Å²) in [6, 6.07) is -0.530. The van der Waals surface area contributed by atoms with Crippen LogP contribution in [0.5, 0.6) is 0 Å². The number of carbonyl (C=O) groups is 1. The number of methoxy groups -OCH3 is 2. The molecule has 1 amide bonds. The van der Waals surface area contributed by atoms with Gasteiger partial charge in [-0.2, -0.15) is 5.10 Å². The average Bonchev–Trinajstić information content (AvgIpc) is 2.84. The molecule has 0 aliphatic carbocycles. The standard InChI is InChI=1S/C12H22N4O3/c1-18-6-3-4-11(13)12(17)15-10-8-14-16(9-10)5-7-19-2/h8-9,11H,3-7,13H2,1-2H3,(H,15,17). The van der Waals surface area contributed by atoms with Gasteiger partial charge in [0.2, 0.25) is 5.91 Å². The fourth-order valence-corrected chi connectivity index (χ4v) is 1.55. The molecule has 0 saturated heterocycles. The normalized spacial score (nSPS) is 12.4. The lowest BCUT2D eigenvalue weighted by atomic mass is 10.1. The van der Waals surface area contributed by atoms with Gasteiger partial charge in [0.25, 0.3) is 0 Å². The van der Waals surface area contributed by atoms with E-state index in [0.717, 1.165) is 6.42 Å². The highest BCUT2D eigenvalue weighted by Gasteiger charge is 2.13. The Kier molecular flexibility index (Phi) is 7.09. The Morgan fingerprint density at radius 2 is 2.21 bits per heavy atom. The molecule has 1 rings (SSSR count). The molecule has 1 heterocycles. The van der Waals surface area contributed by atoms with Crippen molar-refractivity contribution in [2.45, 2.75) is 25.4 Å². The van der Waals surface area contributed by atoms with Gasteiger partial charge in [-0.3, -0.25) is 9.48 Å². The lowest BCUT2D eigenvalue weighted by molar-refractivity contribution is -0.117. The third-order valence-electron chi connectivity index (χ3n) is 2.63. The van der Waals surface area contributed by atoms with E-state index in [0.29, 0.717) is 31.9 Å². The first-order chi connectivity index (χ1) is 9.17. The summed E-state index contributed by atoms with van der Waals surface area (Å²) < 4.78 is 11.6. The number of anilines is 1. The Morgan fingerprint density at radius 1 is 1.47 bits per heavy atom. The zero-order valence-corrected chi connectivity index (χ0v) is 11.5. The minimum atomic E-state index is -0.530. The summed E-state index contributed by atoms with van der Waals surface area (Å²) in [6.45, 7) is 1.83. The molecule has 7 heteroatoms. The van der Waals surface area contributed by atoms with Crippen molar-refractivity contribution in [1.82, 2.24) is 9.78 Å². The first-order valence-electron chi connectivity index (χ1n) is 6.24. The van der Waals surface area contributed by atoms with Gasteiger partial charge in [-0.05, 0) is 12.8 Å². The summed E-state index contributed by atoms with van der Waals surface area (Å²) in [5.74, 6) is -0.206. The number of amides is 1. The van der Waals surface area contributed by atoms with E-state index in [4.69, 9.17) is 15.2 Å². The smallest absolute Gasteiger partial charge is 0.241 e. The molecule has 3 N–H and O–H groups in total. The Hall–Kier alpha value is -1.44. The van der Waals surface area contributed by atoms with Crippen LogP contribution in [0.4, 0.5) is 5.69 Å². The molecule has 0 spiro atoms. The molecule has 0 aliphatic heterocycles. The van der Waals surface area contributed by atoms with Gasteiger partial charge in [0.1, 0.15) is 0 Å². The van der Waals surface area contributed by atoms with Crippen LogP contribution in [-0.2, 0) is 20.8 Å². The second kappa shape index (κ2) is 8.63. The van der Waals surface area contributed by atoms with E-state index in [2.05, 4.69) is 10.4 Å². The molecule has 1 aromatic rings. The summed E-state index contributed by atoms with van der Waals surface area (Å²) in [7, 11) is 3.26. The van der Waals surface area contributed by atoms with Gasteiger partial charge in [0.15, 0.2) is 0 Å². The second-order valence-corrected chi connectivity index (χ2v) is 4.22. The molecule has 1 atom stereocenters. The maximum atomic E-state index is 11.8. The number of carbonyl (C=O) groups excluding carboxylic acids is 1. The van der Waals surface area contributed by atoms with E-state index in [1.54, 1.807) is 31.3 Å². The zero-order chi connectivity index (χ0) is 14.1. The molecular weight excluding hydrogens is 248 g/mol. The molecule has 1 unspecified atom stereocenters. The summed E-state index contributed by atoms with van der Waals surface area (Å²) in [5.41, 5.74) is 6.42. The maximum absolute atomic E-state index is 11.8. The number of nitrogens with one attached hydrogen (secondary N) is 1. The van der Waals surface area contributed by atoms with Gasteiger partial charge < -0.3 is 20.5 Å². The molecule has 1 aromatic heterocycles. The number of hydrogen-bond donors (Lipinski definition) is 2. The van der Waals surface area contributed by atoms with Crippen LogP contribution in [0.3, 0.4) is 0 Å². The van der Waals surface area contributed by atoms with E-state index in [9.17, 15) is 4.79 Å². The van der Waals surface area contributed by atoms with E-state index >= 15 is 0 Å². The Labute approximate surface area is 113 Å². The van der Waals surface area contributed by atoms with Crippen LogP contribution in [0.1, 0.15) is 12.8 Å². The van der Waals surface area contributed by atoms with Crippen molar-refractivity contribution in [2.24, 2.45) is 5.73 Å². The molecule has 0 aliphatic rings. The van der Waals surface area contributed by atoms with Gasteiger partial charge in [-0.15, -0.1) is 0 Å². The van der Waals surface area contributed by atoms with Crippen LogP contribution in [0.25, 0.3) is 0 Å². The van der Waals surface area contributed by atoms with Crippen LogP contribution in [0, 0.1) is 0 Å². The topological polar surface area (TPSA) is 91.4 Å². The molecule has 0 fully saturated rings. The predicted molar refractivity (Wildman–Crippen MR) is 71.8 cm³/mol. The van der Waals surface area contributed by atoms with Gasteiger partial charge in [0, 0.05) is 27.0 Å². The van der Waals surface area contributed by atoms with Crippen molar-refractivity contribution >= 4 is 11.6 Å². The van der Waals surface area contributed by atoms with E-state index in [1.165, 1.54) is 0 Å². The van der Waals surface area contributed by atoms with Crippen LogP contribution in [-0.4, -0.2) is 49.2 Å². The number of hydrogen-bond acceptors (Lipinski definition) is 5. The van der Waals surface area contributed by atoms with Crippen LogP contribution in [0.2, 0.25) is 0 Å². The average molecular weight is 270 g/mol. The predicted octanol–water partition coefficient (Wildman–Crippen LogP) is 0.222. The Morgan fingerprint density at radius 3 is 2.89 bits per heavy atom. The molecule has 0 saturated carbocycles. The summed E-state index contributed by atoms with van der Waals surface area (Å²) in [5, 5.41) is 6.84. The fourth-order valence-electron chi connectivity index (χ4n) is 1.55. The van der Waals surface area contributed by atoms with E-state index in [1.807, 2.05) is 0 Å². The highest BCUT2D eigenvalue weighted by atomic mass is 16.5. The SMILES string of the molecule is COCCCC(N)C(=O)Nc1cnn(CCOC)c1. The number of aromatic nitrogens is 2. The van der Waals surface area contributed by atoms with Crippen LogP contribution < -0.4 is 11.1 Å². The lowest BCUT2D eigenvalue weighted by Crippen LogP contribution is -2.35. The number of nitrogens with zero attached hydrogens (tertiary/aromatic N) is 2. The van der Waals surface area contributed by atoms with E-state index < -0.39 is 6.04 Å². The van der Waals surface area contributed by atoms with Crippen molar-refractivity contribution in [3.63, 3.8) is 0 Å². The number of rotatable bonds is 9. The molecule has 7 nitrogen and oxygen atoms in total. The van der Waals surface area contributed by atoms with Crippen molar-refractivity contribution in [2.75, 3.05) is 32.8 Å². The molecule has 0 radical (unpaired) electrons.